The van der Waals surface area contributed by atoms with Crippen molar-refractivity contribution in [2.24, 2.45) is 4.99 Å². The maximum atomic E-state index is 12.9. The van der Waals surface area contributed by atoms with E-state index < -0.39 is 6.36 Å². The molecule has 254 valence electrons. The van der Waals surface area contributed by atoms with Gasteiger partial charge in [0.2, 0.25) is 0 Å². The Morgan fingerprint density at radius 2 is 1.79 bits per heavy atom. The van der Waals surface area contributed by atoms with Crippen LogP contribution in [0.15, 0.2) is 78.0 Å². The average molecular weight is 681 g/mol. The van der Waals surface area contributed by atoms with Crippen LogP contribution in [0.4, 0.5) is 23.7 Å². The van der Waals surface area contributed by atoms with E-state index in [0.29, 0.717) is 29.1 Å². The van der Waals surface area contributed by atoms with E-state index in [1.807, 2.05) is 36.4 Å². The number of amides is 2. The summed E-state index contributed by atoms with van der Waals surface area (Å²) < 4.78 is 48.2. The minimum absolute atomic E-state index is 0.197. The van der Waals surface area contributed by atoms with Crippen LogP contribution in [0.1, 0.15) is 57.1 Å². The first-order chi connectivity index (χ1) is 23.0. The van der Waals surface area contributed by atoms with Crippen LogP contribution in [0.25, 0.3) is 17.1 Å². The molecular formula is C35H39F3N6O3S. The lowest BCUT2D eigenvalue weighted by molar-refractivity contribution is -0.274. The van der Waals surface area contributed by atoms with Gasteiger partial charge in [-0.3, -0.25) is 0 Å². The maximum Gasteiger partial charge on any atom is 0.573 e. The van der Waals surface area contributed by atoms with Crippen molar-refractivity contribution >= 4 is 28.6 Å². The number of anilines is 1. The van der Waals surface area contributed by atoms with E-state index in [1.54, 1.807) is 18.9 Å². The zero-order chi connectivity index (χ0) is 34.3. The van der Waals surface area contributed by atoms with Crippen molar-refractivity contribution in [3.8, 4) is 28.6 Å². The minimum atomic E-state index is -4.74. The van der Waals surface area contributed by atoms with Gasteiger partial charge in [0.05, 0.1) is 18.5 Å². The van der Waals surface area contributed by atoms with Crippen LogP contribution in [-0.2, 0) is 6.42 Å². The fraction of sp³-hybridized carbons (Fsp3) is 0.371. The molecule has 0 saturated carbocycles. The van der Waals surface area contributed by atoms with E-state index in [4.69, 9.17) is 4.74 Å². The summed E-state index contributed by atoms with van der Waals surface area (Å²) in [6.07, 6.45) is 0.283. The summed E-state index contributed by atoms with van der Waals surface area (Å²) in [6.45, 7) is 7.00. The lowest BCUT2D eigenvalue weighted by Gasteiger charge is -2.37. The highest BCUT2D eigenvalue weighted by Gasteiger charge is 2.31. The number of urea groups is 1. The summed E-state index contributed by atoms with van der Waals surface area (Å²) in [5, 5.41) is 8.12. The first-order valence-electron chi connectivity index (χ1n) is 15.8. The predicted molar refractivity (Wildman–Crippen MR) is 183 cm³/mol. The van der Waals surface area contributed by atoms with Crippen molar-refractivity contribution in [2.75, 3.05) is 24.3 Å². The van der Waals surface area contributed by atoms with Crippen molar-refractivity contribution in [1.82, 2.24) is 20.1 Å². The predicted octanol–water partition coefficient (Wildman–Crippen LogP) is 8.39. The van der Waals surface area contributed by atoms with Crippen molar-refractivity contribution < 1.29 is 27.4 Å². The molecule has 0 spiro atoms. The lowest BCUT2D eigenvalue weighted by atomic mass is 9.99. The van der Waals surface area contributed by atoms with Crippen LogP contribution >= 0.6 is 11.8 Å². The third-order valence-corrected chi connectivity index (χ3v) is 8.92. The topological polar surface area (TPSA) is 93.9 Å². The number of ether oxygens (including phenoxy) is 2. The molecule has 1 fully saturated rings. The van der Waals surface area contributed by atoms with Gasteiger partial charge in [-0.1, -0.05) is 55.9 Å². The summed E-state index contributed by atoms with van der Waals surface area (Å²) in [4.78, 5) is 23.9. The van der Waals surface area contributed by atoms with Crippen LogP contribution in [0.2, 0.25) is 0 Å². The minimum Gasteiger partial charge on any atom is -0.497 e. The molecule has 0 radical (unpaired) electrons. The summed E-state index contributed by atoms with van der Waals surface area (Å²) in [5.74, 6) is 2.17. The van der Waals surface area contributed by atoms with Gasteiger partial charge < -0.3 is 19.7 Å². The molecule has 1 aliphatic heterocycles. The number of hydrogen-bond acceptors (Lipinski definition) is 6. The normalized spacial score (nSPS) is 16.0. The molecule has 1 saturated heterocycles. The number of methoxy groups -OCH3 is 1. The largest absolute Gasteiger partial charge is 0.573 e. The number of amidine groups is 1. The number of benzene rings is 3. The summed E-state index contributed by atoms with van der Waals surface area (Å²) in [6, 6.07) is 19.3. The van der Waals surface area contributed by atoms with Crippen LogP contribution in [0.5, 0.6) is 11.5 Å². The third-order valence-electron chi connectivity index (χ3n) is 7.94. The Bertz CT molecular complexity index is 1710. The summed E-state index contributed by atoms with van der Waals surface area (Å²) in [7, 11) is 1.66. The highest BCUT2D eigenvalue weighted by Crippen LogP contribution is 2.37. The Morgan fingerprint density at radius 3 is 2.48 bits per heavy atom. The molecule has 4 aromatic rings. The number of nitrogens with one attached hydrogen (secondary N) is 1. The fourth-order valence-electron chi connectivity index (χ4n) is 5.40. The second-order valence-electron chi connectivity index (χ2n) is 11.8. The molecule has 9 nitrogen and oxygen atoms in total. The van der Waals surface area contributed by atoms with Gasteiger partial charge in [0.25, 0.3) is 0 Å². The third kappa shape index (κ3) is 9.09. The van der Waals surface area contributed by atoms with Gasteiger partial charge in [0, 0.05) is 30.0 Å². The van der Waals surface area contributed by atoms with Crippen molar-refractivity contribution in [2.45, 2.75) is 64.8 Å². The number of rotatable bonds is 11. The van der Waals surface area contributed by atoms with Crippen molar-refractivity contribution in [3.05, 3.63) is 84.2 Å². The van der Waals surface area contributed by atoms with Gasteiger partial charge in [0.1, 0.15) is 17.8 Å². The summed E-state index contributed by atoms with van der Waals surface area (Å²) in [5.41, 5.74) is 4.73. The molecule has 1 N–H and O–H groups in total. The number of hydrogen-bond donors (Lipinski definition) is 1. The van der Waals surface area contributed by atoms with Gasteiger partial charge in [-0.05, 0) is 80.0 Å². The number of aromatic nitrogens is 3. The number of carbonyl (C=O) groups is 1. The Balaban J connectivity index is 1.11. The highest BCUT2D eigenvalue weighted by atomic mass is 32.2. The van der Waals surface area contributed by atoms with E-state index in [2.05, 4.69) is 56.9 Å². The fourth-order valence-corrected chi connectivity index (χ4v) is 6.60. The molecule has 1 atom stereocenters. The lowest BCUT2D eigenvalue weighted by Crippen LogP contribution is -2.42. The van der Waals surface area contributed by atoms with Crippen LogP contribution in [-0.4, -0.2) is 57.8 Å². The number of alkyl halides is 3. The second kappa shape index (κ2) is 15.6. The van der Waals surface area contributed by atoms with E-state index in [1.165, 1.54) is 40.8 Å². The second-order valence-corrected chi connectivity index (χ2v) is 12.8. The van der Waals surface area contributed by atoms with E-state index in [-0.39, 0.29) is 17.8 Å². The molecule has 0 bridgehead atoms. The van der Waals surface area contributed by atoms with E-state index in [0.717, 1.165) is 54.0 Å². The zero-order valence-electron chi connectivity index (χ0n) is 27.3. The Kier molecular flexibility index (Phi) is 11.3. The molecule has 2 amide bonds. The van der Waals surface area contributed by atoms with E-state index >= 15 is 0 Å². The van der Waals surface area contributed by atoms with Crippen molar-refractivity contribution in [1.29, 1.82) is 0 Å². The number of aliphatic imine (C=N–C) groups is 1. The average Bonchev–Trinajstić information content (AvgIpc) is 3.55. The van der Waals surface area contributed by atoms with Crippen LogP contribution < -0.4 is 19.7 Å². The molecule has 5 rings (SSSR count). The quantitative estimate of drug-likeness (QED) is 0.159. The number of aryl methyl sites for hydroxylation is 1. The number of thioether (sulfide) groups is 1. The summed E-state index contributed by atoms with van der Waals surface area (Å²) >= 11 is 1.60. The Hall–Kier alpha value is -4.52. The Morgan fingerprint density at radius 1 is 1.06 bits per heavy atom. The first-order valence-corrected chi connectivity index (χ1v) is 16.8. The van der Waals surface area contributed by atoms with Crippen LogP contribution in [0, 0.1) is 0 Å². The Labute approximate surface area is 282 Å². The maximum absolute atomic E-state index is 12.9. The first kappa shape index (κ1) is 34.8. The SMILES string of the molecule is COc1ccc(C(C)C)c(N2/C(=N/C(=O)NCCCCc3ccc(-c4ncn(-c5ccc(OC(F)(F)F)cc5)n4)cc3)SCCC2C)c1. The van der Waals surface area contributed by atoms with Crippen LogP contribution in [0.3, 0.4) is 0 Å². The van der Waals surface area contributed by atoms with Gasteiger partial charge in [-0.25, -0.2) is 14.5 Å². The van der Waals surface area contributed by atoms with Crippen molar-refractivity contribution in [3.63, 3.8) is 0 Å². The number of nitrogens with zero attached hydrogens (tertiary/aromatic N) is 5. The molecule has 1 aromatic heterocycles. The number of unbranched alkanes of at least 4 members (excludes halogenated alkanes) is 1. The molecule has 0 aliphatic carbocycles. The molecular weight excluding hydrogens is 641 g/mol. The molecule has 13 heteroatoms. The van der Waals surface area contributed by atoms with E-state index in [9.17, 15) is 18.0 Å². The molecule has 1 aliphatic rings. The van der Waals surface area contributed by atoms with Gasteiger partial charge >= 0.3 is 12.4 Å². The zero-order valence-corrected chi connectivity index (χ0v) is 28.1. The molecule has 2 heterocycles. The van der Waals surface area contributed by atoms with Gasteiger partial charge in [0.15, 0.2) is 11.0 Å². The highest BCUT2D eigenvalue weighted by molar-refractivity contribution is 8.14. The standard InChI is InChI=1S/C35H39F3N6O3S/c1-23(2)30-17-16-29(46-4)21-31(30)44-24(3)18-20-48-34(44)41-33(45)39-19-6-5-7-25-8-10-26(11-9-25)32-40-22-43(42-32)27-12-14-28(15-13-27)47-35(36,37)38/h8-17,21-24H,5-7,18-20H2,1-4H3,(H,39,45)/b41-34-. The molecule has 48 heavy (non-hydrogen) atoms. The number of halogens is 3. The molecule has 3 aromatic carbocycles. The van der Waals surface area contributed by atoms with Gasteiger partial charge in [-0.2, -0.15) is 4.99 Å². The molecule has 1 unspecified atom stereocenters. The van der Waals surface area contributed by atoms with Gasteiger partial charge in [-0.15, -0.1) is 18.3 Å². The monoisotopic (exact) mass is 680 g/mol. The smallest absolute Gasteiger partial charge is 0.497 e. The number of carbonyl (C=O) groups excluding carboxylic acids is 1.